The Balaban J connectivity index is 1.98. The Morgan fingerprint density at radius 1 is 1.71 bits per heavy atom. The molecule has 17 heavy (non-hydrogen) atoms. The maximum absolute atomic E-state index is 5.38. The van der Waals surface area contributed by atoms with E-state index in [0.717, 1.165) is 31.2 Å². The molecule has 0 radical (unpaired) electrons. The lowest BCUT2D eigenvalue weighted by atomic mass is 10.3. The summed E-state index contributed by atoms with van der Waals surface area (Å²) in [4.78, 5) is 8.15. The fourth-order valence-electron chi connectivity index (χ4n) is 2.12. The normalized spacial score (nSPS) is 22.1. The van der Waals surface area contributed by atoms with Gasteiger partial charge in [0, 0.05) is 37.3 Å². The van der Waals surface area contributed by atoms with Crippen LogP contribution in [-0.4, -0.2) is 37.8 Å². The van der Waals surface area contributed by atoms with E-state index in [4.69, 9.17) is 4.74 Å². The van der Waals surface area contributed by atoms with Crippen molar-refractivity contribution in [2.75, 3.05) is 31.6 Å². The van der Waals surface area contributed by atoms with Gasteiger partial charge in [-0.1, -0.05) is 6.92 Å². The van der Waals surface area contributed by atoms with E-state index in [-0.39, 0.29) is 0 Å². The third kappa shape index (κ3) is 2.97. The van der Waals surface area contributed by atoms with E-state index >= 15 is 0 Å². The number of ether oxygens (including phenoxy) is 1. The molecule has 0 aliphatic carbocycles. The predicted octanol–water partition coefficient (Wildman–Crippen LogP) is 2.04. The van der Waals surface area contributed by atoms with Gasteiger partial charge in [-0.05, 0) is 19.9 Å². The van der Waals surface area contributed by atoms with Gasteiger partial charge in [-0.25, -0.2) is 4.98 Å². The third-order valence-electron chi connectivity index (χ3n) is 3.20. The minimum atomic E-state index is 0.369. The van der Waals surface area contributed by atoms with Crippen LogP contribution in [-0.2, 0) is 4.74 Å². The first-order valence-electron chi connectivity index (χ1n) is 6.21. The van der Waals surface area contributed by atoms with Crippen molar-refractivity contribution in [3.63, 3.8) is 0 Å². The molecule has 2 rings (SSSR count). The molecular weight excluding hydrogens is 234 g/mol. The Labute approximate surface area is 107 Å². The van der Waals surface area contributed by atoms with Crippen molar-refractivity contribution in [1.82, 2.24) is 10.3 Å². The maximum atomic E-state index is 5.38. The standard InChI is InChI=1S/C12H21N3OS/c1-4-13-9(2)11-7-14-12(17-11)15-6-5-10(8-15)16-3/h7,9-10,13H,4-6,8H2,1-3H3. The smallest absolute Gasteiger partial charge is 0.185 e. The highest BCUT2D eigenvalue weighted by atomic mass is 32.1. The molecule has 1 aromatic rings. The summed E-state index contributed by atoms with van der Waals surface area (Å²) in [6, 6.07) is 0.395. The van der Waals surface area contributed by atoms with Gasteiger partial charge in [-0.3, -0.25) is 0 Å². The van der Waals surface area contributed by atoms with Gasteiger partial charge in [0.15, 0.2) is 5.13 Å². The van der Waals surface area contributed by atoms with Crippen molar-refractivity contribution >= 4 is 16.5 Å². The van der Waals surface area contributed by atoms with E-state index < -0.39 is 0 Å². The highest BCUT2D eigenvalue weighted by Gasteiger charge is 2.24. The molecular formula is C12H21N3OS. The zero-order chi connectivity index (χ0) is 12.3. The molecule has 2 heterocycles. The van der Waals surface area contributed by atoms with Gasteiger partial charge in [-0.2, -0.15) is 0 Å². The molecule has 1 aromatic heterocycles. The van der Waals surface area contributed by atoms with Crippen molar-refractivity contribution in [3.05, 3.63) is 11.1 Å². The average molecular weight is 255 g/mol. The van der Waals surface area contributed by atoms with Crippen LogP contribution < -0.4 is 10.2 Å². The summed E-state index contributed by atoms with van der Waals surface area (Å²) in [5, 5.41) is 4.54. The average Bonchev–Trinajstić information content (AvgIpc) is 2.98. The first-order valence-corrected chi connectivity index (χ1v) is 7.03. The number of nitrogens with one attached hydrogen (secondary N) is 1. The van der Waals surface area contributed by atoms with Crippen LogP contribution in [0.3, 0.4) is 0 Å². The van der Waals surface area contributed by atoms with Crippen molar-refractivity contribution in [2.45, 2.75) is 32.4 Å². The van der Waals surface area contributed by atoms with Gasteiger partial charge >= 0.3 is 0 Å². The number of aromatic nitrogens is 1. The summed E-state index contributed by atoms with van der Waals surface area (Å²) in [6.45, 7) is 7.33. The molecule has 96 valence electrons. The number of methoxy groups -OCH3 is 1. The van der Waals surface area contributed by atoms with Gasteiger partial charge in [0.2, 0.25) is 0 Å². The first-order chi connectivity index (χ1) is 8.24. The van der Waals surface area contributed by atoms with Gasteiger partial charge in [0.05, 0.1) is 6.10 Å². The molecule has 4 nitrogen and oxygen atoms in total. The van der Waals surface area contributed by atoms with Crippen LogP contribution >= 0.6 is 11.3 Å². The third-order valence-corrected chi connectivity index (χ3v) is 4.44. The number of hydrogen-bond donors (Lipinski definition) is 1. The number of hydrogen-bond acceptors (Lipinski definition) is 5. The van der Waals surface area contributed by atoms with E-state index in [2.05, 4.69) is 29.0 Å². The Kier molecular flexibility index (Phi) is 4.36. The van der Waals surface area contributed by atoms with Crippen LogP contribution in [0, 0.1) is 0 Å². The molecule has 2 unspecified atom stereocenters. The molecule has 2 atom stereocenters. The Hall–Kier alpha value is -0.650. The number of thiazole rings is 1. The molecule has 0 spiro atoms. The topological polar surface area (TPSA) is 37.4 Å². The van der Waals surface area contributed by atoms with Gasteiger partial charge in [-0.15, -0.1) is 11.3 Å². The lowest BCUT2D eigenvalue weighted by Gasteiger charge is -2.14. The second-order valence-corrected chi connectivity index (χ2v) is 5.46. The Morgan fingerprint density at radius 2 is 2.53 bits per heavy atom. The Bertz CT molecular complexity index is 355. The van der Waals surface area contributed by atoms with Crippen LogP contribution in [0.25, 0.3) is 0 Å². The second kappa shape index (κ2) is 5.80. The van der Waals surface area contributed by atoms with Crippen molar-refractivity contribution < 1.29 is 4.74 Å². The van der Waals surface area contributed by atoms with Gasteiger partial charge in [0.25, 0.3) is 0 Å². The Morgan fingerprint density at radius 3 is 3.18 bits per heavy atom. The summed E-state index contributed by atoms with van der Waals surface area (Å²) >= 11 is 1.79. The molecule has 1 aliphatic heterocycles. The van der Waals surface area contributed by atoms with Crippen LogP contribution in [0.15, 0.2) is 6.20 Å². The molecule has 0 aromatic carbocycles. The molecule has 1 N–H and O–H groups in total. The zero-order valence-corrected chi connectivity index (χ0v) is 11.6. The SMILES string of the molecule is CCNC(C)c1cnc(N2CCC(OC)C2)s1. The minimum absolute atomic E-state index is 0.369. The van der Waals surface area contributed by atoms with Crippen molar-refractivity contribution in [2.24, 2.45) is 0 Å². The monoisotopic (exact) mass is 255 g/mol. The van der Waals surface area contributed by atoms with E-state index in [0.29, 0.717) is 12.1 Å². The molecule has 5 heteroatoms. The van der Waals surface area contributed by atoms with E-state index in [1.54, 1.807) is 18.4 Å². The van der Waals surface area contributed by atoms with Crippen LogP contribution in [0.4, 0.5) is 5.13 Å². The van der Waals surface area contributed by atoms with Crippen LogP contribution in [0.2, 0.25) is 0 Å². The minimum Gasteiger partial charge on any atom is -0.380 e. The maximum Gasteiger partial charge on any atom is 0.185 e. The first kappa shape index (κ1) is 12.8. The molecule has 1 saturated heterocycles. The van der Waals surface area contributed by atoms with Crippen molar-refractivity contribution in [3.8, 4) is 0 Å². The molecule has 1 aliphatic rings. The number of anilines is 1. The lowest BCUT2D eigenvalue weighted by Crippen LogP contribution is -2.21. The summed E-state index contributed by atoms with van der Waals surface area (Å²) in [5.74, 6) is 0. The molecule has 0 bridgehead atoms. The fourth-order valence-corrected chi connectivity index (χ4v) is 3.10. The lowest BCUT2D eigenvalue weighted by molar-refractivity contribution is 0.121. The fraction of sp³-hybridized carbons (Fsp3) is 0.750. The quantitative estimate of drug-likeness (QED) is 0.873. The molecule has 1 fully saturated rings. The van der Waals surface area contributed by atoms with E-state index in [1.807, 2.05) is 6.20 Å². The summed E-state index contributed by atoms with van der Waals surface area (Å²) in [5.41, 5.74) is 0. The molecule has 0 saturated carbocycles. The number of nitrogens with zero attached hydrogens (tertiary/aromatic N) is 2. The van der Waals surface area contributed by atoms with Crippen molar-refractivity contribution in [1.29, 1.82) is 0 Å². The van der Waals surface area contributed by atoms with E-state index in [9.17, 15) is 0 Å². The summed E-state index contributed by atoms with van der Waals surface area (Å²) < 4.78 is 5.38. The van der Waals surface area contributed by atoms with Crippen LogP contribution in [0.5, 0.6) is 0 Å². The predicted molar refractivity (Wildman–Crippen MR) is 71.8 cm³/mol. The van der Waals surface area contributed by atoms with Gasteiger partial charge in [0.1, 0.15) is 0 Å². The summed E-state index contributed by atoms with van der Waals surface area (Å²) in [7, 11) is 1.79. The zero-order valence-electron chi connectivity index (χ0n) is 10.8. The molecule has 0 amide bonds. The highest BCUT2D eigenvalue weighted by Crippen LogP contribution is 2.29. The van der Waals surface area contributed by atoms with Gasteiger partial charge < -0.3 is 15.0 Å². The largest absolute Gasteiger partial charge is 0.380 e. The highest BCUT2D eigenvalue weighted by molar-refractivity contribution is 7.15. The second-order valence-electron chi connectivity index (χ2n) is 4.42. The number of rotatable bonds is 5. The van der Waals surface area contributed by atoms with E-state index in [1.165, 1.54) is 4.88 Å². The van der Waals surface area contributed by atoms with Crippen LogP contribution in [0.1, 0.15) is 31.2 Å². The summed E-state index contributed by atoms with van der Waals surface area (Å²) in [6.07, 6.45) is 3.47.